The van der Waals surface area contributed by atoms with Crippen molar-refractivity contribution in [3.8, 4) is 0 Å². The second-order valence-electron chi connectivity index (χ2n) is 6.01. The number of allylic oxidation sites excluding steroid dienone is 1. The summed E-state index contributed by atoms with van der Waals surface area (Å²) in [6.45, 7) is 10.8. The minimum absolute atomic E-state index is 0.308. The Labute approximate surface area is 99.3 Å². The van der Waals surface area contributed by atoms with E-state index in [0.717, 1.165) is 24.8 Å². The fourth-order valence-electron chi connectivity index (χ4n) is 3.46. The zero-order valence-electron chi connectivity index (χ0n) is 10.8. The van der Waals surface area contributed by atoms with Gasteiger partial charge in [-0.3, -0.25) is 0 Å². The van der Waals surface area contributed by atoms with Crippen molar-refractivity contribution in [1.82, 2.24) is 0 Å². The molecule has 2 aliphatic carbocycles. The summed E-state index contributed by atoms with van der Waals surface area (Å²) in [4.78, 5) is 0. The normalized spacial score (nSPS) is 39.6. The van der Waals surface area contributed by atoms with Crippen LogP contribution in [-0.4, -0.2) is 10.7 Å². The molecule has 3 atom stereocenters. The Hall–Kier alpha value is -0.560. The molecule has 0 amide bonds. The van der Waals surface area contributed by atoms with Gasteiger partial charge in [-0.15, -0.1) is 0 Å². The van der Waals surface area contributed by atoms with Crippen LogP contribution in [0.25, 0.3) is 0 Å². The number of aliphatic hydroxyl groups is 1. The van der Waals surface area contributed by atoms with Crippen LogP contribution < -0.4 is 0 Å². The van der Waals surface area contributed by atoms with Crippen molar-refractivity contribution in [2.24, 2.45) is 17.8 Å². The lowest BCUT2D eigenvalue weighted by Crippen LogP contribution is -2.48. The largest absolute Gasteiger partial charge is 0.385 e. The van der Waals surface area contributed by atoms with Gasteiger partial charge in [0.1, 0.15) is 0 Å². The minimum Gasteiger partial charge on any atom is -0.385 e. The van der Waals surface area contributed by atoms with Crippen molar-refractivity contribution >= 4 is 0 Å². The van der Waals surface area contributed by atoms with E-state index in [1.54, 1.807) is 0 Å². The molecule has 0 spiro atoms. The first-order chi connectivity index (χ1) is 7.45. The molecule has 1 heteroatoms. The topological polar surface area (TPSA) is 20.2 Å². The zero-order chi connectivity index (χ0) is 11.9. The fraction of sp³-hybridized carbons (Fsp3) is 0.733. The van der Waals surface area contributed by atoms with Crippen molar-refractivity contribution in [3.05, 3.63) is 23.8 Å². The quantitative estimate of drug-likeness (QED) is 0.668. The molecule has 0 saturated heterocycles. The average molecular weight is 220 g/mol. The first kappa shape index (κ1) is 11.9. The van der Waals surface area contributed by atoms with E-state index in [2.05, 4.69) is 33.4 Å². The molecule has 1 fully saturated rings. The molecule has 16 heavy (non-hydrogen) atoms. The second-order valence-corrected chi connectivity index (χ2v) is 6.01. The van der Waals surface area contributed by atoms with Gasteiger partial charge in [0, 0.05) is 5.92 Å². The molecule has 2 rings (SSSR count). The molecule has 1 N–H and O–H groups in total. The first-order valence-electron chi connectivity index (χ1n) is 6.53. The molecule has 0 aromatic rings. The molecule has 0 heterocycles. The van der Waals surface area contributed by atoms with E-state index in [1.807, 2.05) is 0 Å². The van der Waals surface area contributed by atoms with Gasteiger partial charge in [0.15, 0.2) is 0 Å². The van der Waals surface area contributed by atoms with Gasteiger partial charge < -0.3 is 5.11 Å². The SMILES string of the molecule is C=C1CC[C@H](C(C)C)C2C=C(C)CC[C@]12O. The van der Waals surface area contributed by atoms with Gasteiger partial charge in [-0.05, 0) is 50.0 Å². The summed E-state index contributed by atoms with van der Waals surface area (Å²) < 4.78 is 0. The highest BCUT2D eigenvalue weighted by Crippen LogP contribution is 2.49. The minimum atomic E-state index is -0.604. The van der Waals surface area contributed by atoms with Gasteiger partial charge in [-0.1, -0.05) is 32.1 Å². The average Bonchev–Trinajstić information content (AvgIpc) is 2.21. The van der Waals surface area contributed by atoms with Crippen LogP contribution >= 0.6 is 0 Å². The molecule has 0 aromatic heterocycles. The van der Waals surface area contributed by atoms with Crippen LogP contribution in [0.5, 0.6) is 0 Å². The predicted molar refractivity (Wildman–Crippen MR) is 68.1 cm³/mol. The fourth-order valence-corrected chi connectivity index (χ4v) is 3.46. The Bertz CT molecular complexity index is 326. The lowest BCUT2D eigenvalue weighted by atomic mass is 9.59. The van der Waals surface area contributed by atoms with E-state index in [1.165, 1.54) is 12.0 Å². The van der Waals surface area contributed by atoms with Crippen molar-refractivity contribution in [1.29, 1.82) is 0 Å². The maximum Gasteiger partial charge on any atom is 0.0922 e. The Kier molecular flexibility index (Phi) is 3.00. The molecule has 1 saturated carbocycles. The van der Waals surface area contributed by atoms with Crippen LogP contribution in [-0.2, 0) is 0 Å². The van der Waals surface area contributed by atoms with E-state index < -0.39 is 5.60 Å². The number of hydrogen-bond acceptors (Lipinski definition) is 1. The smallest absolute Gasteiger partial charge is 0.0922 e. The summed E-state index contributed by atoms with van der Waals surface area (Å²) in [5.41, 5.74) is 1.90. The van der Waals surface area contributed by atoms with E-state index in [-0.39, 0.29) is 0 Å². The summed E-state index contributed by atoms with van der Waals surface area (Å²) >= 11 is 0. The van der Waals surface area contributed by atoms with Gasteiger partial charge >= 0.3 is 0 Å². The van der Waals surface area contributed by atoms with Gasteiger partial charge in [-0.25, -0.2) is 0 Å². The number of fused-ring (bicyclic) bond motifs is 1. The second kappa shape index (κ2) is 4.03. The standard InChI is InChI=1S/C15H24O/c1-10(2)13-6-5-12(4)15(16)8-7-11(3)9-14(13)15/h9-10,13-14,16H,4-8H2,1-3H3/t13-,14?,15+/m1/s1. The van der Waals surface area contributed by atoms with Crippen LogP contribution in [0, 0.1) is 17.8 Å². The molecule has 90 valence electrons. The van der Waals surface area contributed by atoms with E-state index >= 15 is 0 Å². The van der Waals surface area contributed by atoms with E-state index in [0.29, 0.717) is 17.8 Å². The first-order valence-corrected chi connectivity index (χ1v) is 6.53. The monoisotopic (exact) mass is 220 g/mol. The summed E-state index contributed by atoms with van der Waals surface area (Å²) in [6.07, 6.45) is 6.41. The highest BCUT2D eigenvalue weighted by Gasteiger charge is 2.47. The van der Waals surface area contributed by atoms with E-state index in [4.69, 9.17) is 0 Å². The third-order valence-electron chi connectivity index (χ3n) is 4.63. The van der Waals surface area contributed by atoms with Crippen molar-refractivity contribution in [2.75, 3.05) is 0 Å². The predicted octanol–water partition coefficient (Wildman–Crippen LogP) is 3.70. The van der Waals surface area contributed by atoms with Gasteiger partial charge in [-0.2, -0.15) is 0 Å². The highest BCUT2D eigenvalue weighted by molar-refractivity contribution is 5.27. The summed E-state index contributed by atoms with van der Waals surface area (Å²) in [7, 11) is 0. The summed E-state index contributed by atoms with van der Waals surface area (Å²) in [6, 6.07) is 0. The zero-order valence-corrected chi connectivity index (χ0v) is 10.8. The molecular formula is C15H24O. The van der Waals surface area contributed by atoms with Crippen molar-refractivity contribution in [3.63, 3.8) is 0 Å². The lowest BCUT2D eigenvalue weighted by Gasteiger charge is -2.49. The maximum absolute atomic E-state index is 10.9. The van der Waals surface area contributed by atoms with Crippen LogP contribution in [0.2, 0.25) is 0 Å². The third kappa shape index (κ3) is 1.75. The van der Waals surface area contributed by atoms with Crippen LogP contribution in [0.1, 0.15) is 46.5 Å². The molecule has 1 nitrogen and oxygen atoms in total. The number of rotatable bonds is 1. The van der Waals surface area contributed by atoms with E-state index in [9.17, 15) is 5.11 Å². The Morgan fingerprint density at radius 2 is 2.12 bits per heavy atom. The van der Waals surface area contributed by atoms with Crippen LogP contribution in [0.15, 0.2) is 23.8 Å². The summed E-state index contributed by atoms with van der Waals surface area (Å²) in [5, 5.41) is 10.9. The summed E-state index contributed by atoms with van der Waals surface area (Å²) in [5.74, 6) is 1.57. The van der Waals surface area contributed by atoms with Crippen molar-refractivity contribution < 1.29 is 5.11 Å². The Balaban J connectivity index is 2.36. The molecule has 0 aliphatic heterocycles. The molecule has 2 aliphatic rings. The lowest BCUT2D eigenvalue weighted by molar-refractivity contribution is -0.0320. The maximum atomic E-state index is 10.9. The molecule has 0 bridgehead atoms. The van der Waals surface area contributed by atoms with Crippen LogP contribution in [0.3, 0.4) is 0 Å². The number of hydrogen-bond donors (Lipinski definition) is 1. The highest BCUT2D eigenvalue weighted by atomic mass is 16.3. The van der Waals surface area contributed by atoms with Gasteiger partial charge in [0.2, 0.25) is 0 Å². The molecular weight excluding hydrogens is 196 g/mol. The van der Waals surface area contributed by atoms with Crippen LogP contribution in [0.4, 0.5) is 0 Å². The Morgan fingerprint density at radius 3 is 2.75 bits per heavy atom. The van der Waals surface area contributed by atoms with Gasteiger partial charge in [0.05, 0.1) is 5.60 Å². The van der Waals surface area contributed by atoms with Crippen molar-refractivity contribution in [2.45, 2.75) is 52.1 Å². The van der Waals surface area contributed by atoms with Gasteiger partial charge in [0.25, 0.3) is 0 Å². The third-order valence-corrected chi connectivity index (χ3v) is 4.63. The molecule has 0 radical (unpaired) electrons. The molecule has 1 unspecified atom stereocenters. The molecule has 0 aromatic carbocycles. The Morgan fingerprint density at radius 1 is 1.44 bits per heavy atom.